The summed E-state index contributed by atoms with van der Waals surface area (Å²) in [6.45, 7) is 36.6. The van der Waals surface area contributed by atoms with Gasteiger partial charge in [-0.05, 0) is 201 Å². The van der Waals surface area contributed by atoms with Crippen LogP contribution in [0.25, 0.3) is 75.9 Å². The van der Waals surface area contributed by atoms with Gasteiger partial charge in [-0.3, -0.25) is 19.6 Å². The molecule has 538 valence electrons. The van der Waals surface area contributed by atoms with Crippen LogP contribution in [0, 0.1) is 0 Å². The summed E-state index contributed by atoms with van der Waals surface area (Å²) >= 11 is 0. The smallest absolute Gasteiger partial charge is 0.141 e. The molecule has 0 aliphatic rings. The van der Waals surface area contributed by atoms with E-state index in [4.69, 9.17) is 19.9 Å². The van der Waals surface area contributed by atoms with Gasteiger partial charge in [-0.2, -0.15) is 0 Å². The Hall–Kier alpha value is -11.5. The van der Waals surface area contributed by atoms with Crippen LogP contribution in [-0.4, -0.2) is 19.9 Å². The molecule has 4 aromatic heterocycles. The molecule has 0 saturated carbocycles. The minimum absolute atomic E-state index is 0.104. The van der Waals surface area contributed by atoms with E-state index in [1.54, 1.807) is 0 Å². The van der Waals surface area contributed by atoms with Gasteiger partial charge in [-0.1, -0.05) is 256 Å². The Balaban J connectivity index is 1.14. The zero-order chi connectivity index (χ0) is 75.3. The zero-order valence-electron chi connectivity index (χ0n) is 65.7. The fourth-order valence-electron chi connectivity index (χ4n) is 16.0. The monoisotopic (exact) mass is 1410 g/mol. The molecule has 0 spiro atoms. The zero-order valence-corrected chi connectivity index (χ0v) is 65.7. The number of rotatable bonds is 16. The Morgan fingerprint density at radius 2 is 0.426 bits per heavy atom. The van der Waals surface area contributed by atoms with E-state index in [0.717, 1.165) is 193 Å². The second kappa shape index (κ2) is 27.4. The lowest BCUT2D eigenvalue weighted by Gasteiger charge is -2.35. The fraction of sp³-hybridized carbons (Fsp3) is 0.240. The summed E-state index contributed by atoms with van der Waals surface area (Å²) in [4.78, 5) is 33.4. The number of nitrogens with zero attached hydrogens (tertiary/aromatic N) is 8. The molecule has 0 bridgehead atoms. The van der Waals surface area contributed by atoms with Crippen molar-refractivity contribution in [3.8, 4) is 0 Å². The Labute approximate surface area is 637 Å². The van der Waals surface area contributed by atoms with E-state index in [9.17, 15) is 0 Å². The van der Waals surface area contributed by atoms with Crippen LogP contribution in [0.3, 0.4) is 0 Å². The molecule has 0 aliphatic heterocycles. The van der Waals surface area contributed by atoms with Crippen LogP contribution in [0.15, 0.2) is 255 Å². The molecule has 108 heavy (non-hydrogen) atoms. The molecule has 12 aromatic carbocycles. The second-order valence-corrected chi connectivity index (χ2v) is 33.5. The quantitative estimate of drug-likeness (QED) is 0.0887. The lowest BCUT2D eigenvalue weighted by molar-refractivity contribution is 0.590. The summed E-state index contributed by atoms with van der Waals surface area (Å²) in [5.41, 5.74) is 20.7. The van der Waals surface area contributed by atoms with Crippen LogP contribution in [0.2, 0.25) is 0 Å². The highest BCUT2D eigenvalue weighted by Crippen LogP contribution is 2.56. The summed E-state index contributed by atoms with van der Waals surface area (Å²) < 4.78 is 0. The second-order valence-electron chi connectivity index (χ2n) is 33.5. The molecule has 0 atom stereocenters. The molecule has 0 N–H and O–H groups in total. The Kier molecular flexibility index (Phi) is 18.0. The number of hydrogen-bond acceptors (Lipinski definition) is 8. The molecule has 16 rings (SSSR count). The number of anilines is 12. The summed E-state index contributed by atoms with van der Waals surface area (Å²) in [7, 11) is 0. The van der Waals surface area contributed by atoms with Crippen molar-refractivity contribution >= 4 is 145 Å². The SMILES string of the molecule is CCc1cc2ccccc2nc1N(c1ccc(C(C)(C)C)cc1)c1cc(N(c2ccc(C(C)(C)C)cc2)c2nc3ccccc3cc2CC)c2ccc3c(N(c4ccc(C(C)(C)C)cc4)c4nc5ccccc5cc4CC)cc(N(c4ccc(C(C)(C)C)cc4)c4nc5ccccc5cc4CC)c4ccc1c2c43. The number of para-hydroxylation sites is 4. The molecule has 0 unspecified atom stereocenters. The third kappa shape index (κ3) is 12.8. The number of fused-ring (bicyclic) bond motifs is 4. The number of hydrogen-bond donors (Lipinski definition) is 0. The first-order chi connectivity index (χ1) is 51.9. The van der Waals surface area contributed by atoms with E-state index < -0.39 is 0 Å². The van der Waals surface area contributed by atoms with Crippen LogP contribution in [0.5, 0.6) is 0 Å². The molecular weight excluding hydrogens is 1310 g/mol. The van der Waals surface area contributed by atoms with Crippen molar-refractivity contribution in [2.75, 3.05) is 19.6 Å². The van der Waals surface area contributed by atoms with E-state index in [1.165, 1.54) is 22.3 Å². The molecule has 8 nitrogen and oxygen atoms in total. The first kappa shape index (κ1) is 70.8. The number of aryl methyl sites for hydroxylation is 4. The van der Waals surface area contributed by atoms with Crippen LogP contribution in [-0.2, 0) is 47.3 Å². The normalized spacial score (nSPS) is 12.4. The van der Waals surface area contributed by atoms with Gasteiger partial charge in [0.15, 0.2) is 0 Å². The predicted molar refractivity (Wildman–Crippen MR) is 462 cm³/mol. The summed E-state index contributed by atoms with van der Waals surface area (Å²) in [5.74, 6) is 3.50. The maximum atomic E-state index is 5.86. The van der Waals surface area contributed by atoms with Gasteiger partial charge in [0.1, 0.15) is 23.3 Å². The van der Waals surface area contributed by atoms with Gasteiger partial charge in [-0.15, -0.1) is 0 Å². The van der Waals surface area contributed by atoms with Crippen LogP contribution in [0.4, 0.5) is 68.8 Å². The van der Waals surface area contributed by atoms with Crippen molar-refractivity contribution in [3.63, 3.8) is 0 Å². The Morgan fingerprint density at radius 1 is 0.231 bits per heavy atom. The third-order valence-corrected chi connectivity index (χ3v) is 22.2. The molecule has 8 heteroatoms. The van der Waals surface area contributed by atoms with Gasteiger partial charge >= 0.3 is 0 Å². The standard InChI is InChI=1S/C100H98N8/c1-17-63-57-67-29-21-25-33-83(67)101-93(63)105(75-45-37-71(38-46-75)97(5,6)7)87-61-88(106(76-47-39-72(40-48-76)98(8,9)10)94-64(18-2)58-68-30-22-26-34-84(68)102-94)80-55-56-82-90(108(78-51-43-74(44-52-78)100(14,15)16)96-66(20-4)60-70-32-24-28-36-86(70)104-96)62-89(81-54-53-79(87)91(80)92(81)82)107(77-49-41-73(42-50-77)99(11,12)13)95-65(19-3)59-69-31-23-27-35-85(69)103-95/h21-62H,17-20H2,1-16H3. The van der Waals surface area contributed by atoms with Crippen molar-refractivity contribution in [3.05, 3.63) is 299 Å². The van der Waals surface area contributed by atoms with E-state index in [0.29, 0.717) is 0 Å². The molecule has 0 aliphatic carbocycles. The summed E-state index contributed by atoms with van der Waals surface area (Å²) in [6.07, 6.45) is 2.97. The molecular formula is C100H98N8. The van der Waals surface area contributed by atoms with Crippen molar-refractivity contribution in [2.45, 2.75) is 158 Å². The molecule has 0 saturated heterocycles. The van der Waals surface area contributed by atoms with E-state index in [1.807, 2.05) is 0 Å². The number of pyridine rings is 4. The lowest BCUT2D eigenvalue weighted by atomic mass is 9.86. The third-order valence-electron chi connectivity index (χ3n) is 22.2. The Bertz CT molecular complexity index is 5350. The average Bonchev–Trinajstić information content (AvgIpc) is 0.696. The predicted octanol–water partition coefficient (Wildman–Crippen LogP) is 28.1. The van der Waals surface area contributed by atoms with Crippen molar-refractivity contribution in [2.24, 2.45) is 0 Å². The van der Waals surface area contributed by atoms with E-state index in [-0.39, 0.29) is 21.7 Å². The largest absolute Gasteiger partial charge is 0.294 e. The highest BCUT2D eigenvalue weighted by molar-refractivity contribution is 6.33. The topological polar surface area (TPSA) is 64.5 Å². The summed E-state index contributed by atoms with van der Waals surface area (Å²) in [6, 6.07) is 95.6. The fourth-order valence-corrected chi connectivity index (χ4v) is 16.0. The van der Waals surface area contributed by atoms with Gasteiger partial charge < -0.3 is 0 Å². The first-order valence-corrected chi connectivity index (χ1v) is 38.8. The van der Waals surface area contributed by atoms with E-state index >= 15 is 0 Å². The van der Waals surface area contributed by atoms with Crippen LogP contribution in [0.1, 0.15) is 155 Å². The van der Waals surface area contributed by atoms with Crippen LogP contribution >= 0.6 is 0 Å². The number of aromatic nitrogens is 4. The van der Waals surface area contributed by atoms with Crippen molar-refractivity contribution < 1.29 is 0 Å². The van der Waals surface area contributed by atoms with Crippen molar-refractivity contribution in [1.82, 2.24) is 19.9 Å². The van der Waals surface area contributed by atoms with Crippen molar-refractivity contribution in [1.29, 1.82) is 0 Å². The molecule has 0 radical (unpaired) electrons. The minimum atomic E-state index is -0.104. The highest BCUT2D eigenvalue weighted by atomic mass is 15.2. The minimum Gasteiger partial charge on any atom is -0.294 e. The maximum absolute atomic E-state index is 5.86. The maximum Gasteiger partial charge on any atom is 0.141 e. The van der Waals surface area contributed by atoms with Gasteiger partial charge in [-0.25, -0.2) is 19.9 Å². The van der Waals surface area contributed by atoms with Gasteiger partial charge in [0, 0.05) is 76.6 Å². The molecule has 0 fully saturated rings. The van der Waals surface area contributed by atoms with Gasteiger partial charge in [0.2, 0.25) is 0 Å². The molecule has 16 aromatic rings. The Morgan fingerprint density at radius 3 is 0.611 bits per heavy atom. The average molecular weight is 1410 g/mol. The van der Waals surface area contributed by atoms with Gasteiger partial charge in [0.05, 0.1) is 44.8 Å². The van der Waals surface area contributed by atoms with E-state index in [2.05, 4.69) is 385 Å². The highest BCUT2D eigenvalue weighted by Gasteiger charge is 2.34. The lowest BCUT2D eigenvalue weighted by Crippen LogP contribution is -2.19. The first-order valence-electron chi connectivity index (χ1n) is 38.8. The molecule has 0 amide bonds. The molecule has 4 heterocycles. The van der Waals surface area contributed by atoms with Gasteiger partial charge in [0.25, 0.3) is 0 Å². The van der Waals surface area contributed by atoms with Crippen LogP contribution < -0.4 is 19.6 Å². The summed E-state index contributed by atoms with van der Waals surface area (Å²) in [5, 5.41) is 10.9. The number of benzene rings is 12.